The minimum absolute atomic E-state index is 0.101. The third-order valence-corrected chi connectivity index (χ3v) is 15.4. The van der Waals surface area contributed by atoms with Crippen LogP contribution in [0.25, 0.3) is 33.2 Å². The van der Waals surface area contributed by atoms with Gasteiger partial charge in [-0.1, -0.05) is 0 Å². The van der Waals surface area contributed by atoms with Gasteiger partial charge in [0.2, 0.25) is 0 Å². The zero-order chi connectivity index (χ0) is 47.2. The van der Waals surface area contributed by atoms with Crippen LogP contribution >= 0.6 is 31.9 Å². The Morgan fingerprint density at radius 3 is 1.32 bits per heavy atom. The summed E-state index contributed by atoms with van der Waals surface area (Å²) < 4.78 is 124. The fraction of sp³-hybridized carbons (Fsp3) is 0.391. The first-order chi connectivity index (χ1) is 31.2. The average Bonchev–Trinajstić information content (AvgIpc) is 3.82. The maximum absolute atomic E-state index is 13.6. The number of hydrogen-bond donors (Lipinski definition) is 2. The number of benzene rings is 4. The van der Waals surface area contributed by atoms with Gasteiger partial charge in [0.1, 0.15) is 23.1 Å². The molecule has 344 valence electrons. The van der Waals surface area contributed by atoms with Gasteiger partial charge in [0, 0.05) is 21.9 Å². The van der Waals surface area contributed by atoms with Gasteiger partial charge in [-0.3, -0.25) is 0 Å². The molecule has 0 amide bonds. The van der Waals surface area contributed by atoms with E-state index in [1.807, 2.05) is 0 Å². The van der Waals surface area contributed by atoms with Crippen molar-refractivity contribution in [2.75, 3.05) is 13.2 Å². The summed E-state index contributed by atoms with van der Waals surface area (Å²) >= 11 is 7.14. The molecule has 0 saturated heterocycles. The maximum atomic E-state index is 13.6. The van der Waals surface area contributed by atoms with Crippen molar-refractivity contribution in [3.8, 4) is 35.0 Å². The maximum Gasteiger partial charge on any atom is 0.417 e. The molecule has 6 atom stereocenters. The summed E-state index contributed by atoms with van der Waals surface area (Å²) in [6.07, 6.45) is -8.51. The molecule has 4 aromatic carbocycles. The van der Waals surface area contributed by atoms with E-state index in [0.717, 1.165) is 0 Å². The molecule has 6 aromatic rings. The van der Waals surface area contributed by atoms with Crippen molar-refractivity contribution in [3.63, 3.8) is 0 Å². The van der Waals surface area contributed by atoms with Crippen molar-refractivity contribution in [1.29, 1.82) is 10.5 Å². The molecule has 10 nitrogen and oxygen atoms in total. The second kappa shape index (κ2) is 16.2. The summed E-state index contributed by atoms with van der Waals surface area (Å²) in [7, 11) is 0. The Hall–Kier alpha value is -5.28. The highest BCUT2D eigenvalue weighted by Gasteiger charge is 2.63. The van der Waals surface area contributed by atoms with Crippen LogP contribution in [0.1, 0.15) is 62.5 Å². The second-order valence-corrected chi connectivity index (χ2v) is 19.0. The number of aliphatic hydroxyl groups is 2. The molecule has 20 heteroatoms. The van der Waals surface area contributed by atoms with Crippen molar-refractivity contribution in [3.05, 3.63) is 105 Å². The minimum atomic E-state index is -4.77. The fourth-order valence-corrected chi connectivity index (χ4v) is 11.7. The smallest absolute Gasteiger partial charge is 0.417 e. The van der Waals surface area contributed by atoms with E-state index in [4.69, 9.17) is 9.47 Å². The highest BCUT2D eigenvalue weighted by Crippen LogP contribution is 2.59. The monoisotopic (exact) mass is 1050 g/mol. The summed E-state index contributed by atoms with van der Waals surface area (Å²) in [4.78, 5) is 0. The van der Waals surface area contributed by atoms with Crippen molar-refractivity contribution in [1.82, 2.24) is 19.6 Å². The standard InChI is InChI=1S/2C23H18BrF4N3O2/c2*24-18-19-13(11-30-31(19)16-3-1-15(25)2-4-16)9-17-20(18)33-8-5-14-10-22(32,23(26,27)28)7-6-21(14,17)12-29/h2*1-4,9,11,14,32H,5-8,10H2/t2*14-,21+,22-/m10/s1. The normalized spacial score (nSPS) is 27.2. The summed E-state index contributed by atoms with van der Waals surface area (Å²) in [5.74, 6) is -1.48. The molecule has 2 aromatic heterocycles. The average molecular weight is 1050 g/mol. The fourth-order valence-electron chi connectivity index (χ4n) is 10.3. The SMILES string of the molecule is N#C[C@@]12CC[C@](O)(C(F)(F)F)C[C@H]1CCOc1c2cc2cnn(-c3ccc(F)cc3)c2c1Br.N#C[C@]12CC[C@@](O)(C(F)(F)F)C[C@@H]1CCOc1c2cc2cnn(-c3ccc(F)cc3)c2c1Br. The van der Waals surface area contributed by atoms with Crippen molar-refractivity contribution in [2.45, 2.75) is 85.8 Å². The molecule has 66 heavy (non-hydrogen) atoms. The first kappa shape index (κ1) is 45.9. The Morgan fingerprint density at radius 2 is 0.985 bits per heavy atom. The van der Waals surface area contributed by atoms with Gasteiger partial charge in [0.05, 0.1) is 79.9 Å². The van der Waals surface area contributed by atoms with Gasteiger partial charge in [-0.25, -0.2) is 18.1 Å². The van der Waals surface area contributed by atoms with Gasteiger partial charge >= 0.3 is 12.4 Å². The zero-order valence-electron chi connectivity index (χ0n) is 34.3. The van der Waals surface area contributed by atoms with E-state index in [-0.39, 0.29) is 50.5 Å². The van der Waals surface area contributed by atoms with Gasteiger partial charge in [-0.05, 0) is 156 Å². The van der Waals surface area contributed by atoms with Gasteiger partial charge < -0.3 is 19.7 Å². The topological polar surface area (TPSA) is 142 Å². The number of fused-ring (bicyclic) bond motifs is 8. The van der Waals surface area contributed by atoms with E-state index in [1.165, 1.54) is 24.3 Å². The van der Waals surface area contributed by atoms with Crippen molar-refractivity contribution < 1.29 is 54.8 Å². The Bertz CT molecular complexity index is 2770. The predicted molar refractivity (Wildman–Crippen MR) is 229 cm³/mol. The van der Waals surface area contributed by atoms with Crippen LogP contribution in [0.4, 0.5) is 35.1 Å². The molecule has 0 unspecified atom stereocenters. The molecular formula is C46H36Br2F8N6O4. The molecule has 0 spiro atoms. The van der Waals surface area contributed by atoms with E-state index in [0.29, 0.717) is 64.8 Å². The molecule has 10 rings (SSSR count). The van der Waals surface area contributed by atoms with Gasteiger partial charge in [0.15, 0.2) is 11.2 Å². The summed E-state index contributed by atoms with van der Waals surface area (Å²) in [6, 6.07) is 19.6. The number of halogens is 10. The predicted octanol–water partition coefficient (Wildman–Crippen LogP) is 11.1. The van der Waals surface area contributed by atoms with E-state index >= 15 is 0 Å². The van der Waals surface area contributed by atoms with Crippen LogP contribution in [0.15, 0.2) is 82.0 Å². The third-order valence-electron chi connectivity index (χ3n) is 13.9. The van der Waals surface area contributed by atoms with E-state index in [1.54, 1.807) is 58.2 Å². The van der Waals surface area contributed by atoms with Crippen LogP contribution in [0, 0.1) is 46.1 Å². The van der Waals surface area contributed by atoms with E-state index < -0.39 is 71.9 Å². The highest BCUT2D eigenvalue weighted by atomic mass is 79.9. The lowest BCUT2D eigenvalue weighted by Gasteiger charge is -2.46. The molecule has 2 N–H and O–H groups in total. The van der Waals surface area contributed by atoms with Crippen molar-refractivity contribution in [2.24, 2.45) is 11.8 Å². The number of rotatable bonds is 2. The van der Waals surface area contributed by atoms with Crippen molar-refractivity contribution >= 4 is 53.7 Å². The summed E-state index contributed by atoms with van der Waals surface area (Å²) in [6.45, 7) is 0.202. The van der Waals surface area contributed by atoms with Crippen LogP contribution in [-0.4, -0.2) is 66.5 Å². The third kappa shape index (κ3) is 7.21. The lowest BCUT2D eigenvalue weighted by atomic mass is 9.58. The largest absolute Gasteiger partial charge is 0.492 e. The van der Waals surface area contributed by atoms with E-state index in [9.17, 15) is 55.9 Å². The number of nitrogens with zero attached hydrogens (tertiary/aromatic N) is 6. The quantitative estimate of drug-likeness (QED) is 0.163. The number of ether oxygens (including phenoxy) is 2. The molecule has 4 aliphatic rings. The molecule has 0 radical (unpaired) electrons. The van der Waals surface area contributed by atoms with Gasteiger partial charge in [0.25, 0.3) is 0 Å². The Balaban J connectivity index is 0.000000166. The number of hydrogen-bond acceptors (Lipinski definition) is 8. The molecule has 2 fully saturated rings. The van der Waals surface area contributed by atoms with E-state index in [2.05, 4.69) is 54.2 Å². The Labute approximate surface area is 387 Å². The molecule has 2 saturated carbocycles. The van der Waals surface area contributed by atoms with Crippen LogP contribution in [0.5, 0.6) is 11.5 Å². The summed E-state index contributed by atoms with van der Waals surface area (Å²) in [5, 5.41) is 51.3. The van der Waals surface area contributed by atoms with Crippen LogP contribution in [0.3, 0.4) is 0 Å². The first-order valence-corrected chi connectivity index (χ1v) is 22.4. The van der Waals surface area contributed by atoms with Crippen LogP contribution < -0.4 is 9.47 Å². The molecular weight excluding hydrogens is 1010 g/mol. The lowest BCUT2D eigenvalue weighted by molar-refractivity contribution is -0.277. The number of aromatic nitrogens is 4. The molecule has 4 heterocycles. The van der Waals surface area contributed by atoms with Crippen LogP contribution in [-0.2, 0) is 10.8 Å². The summed E-state index contributed by atoms with van der Waals surface area (Å²) in [5.41, 5.74) is -4.64. The number of alkyl halides is 6. The minimum Gasteiger partial charge on any atom is -0.492 e. The molecule has 2 aliphatic carbocycles. The Kier molecular flexibility index (Phi) is 11.3. The Morgan fingerprint density at radius 1 is 0.621 bits per heavy atom. The molecule has 2 aliphatic heterocycles. The highest BCUT2D eigenvalue weighted by molar-refractivity contribution is 9.11. The van der Waals surface area contributed by atoms with Gasteiger partial charge in [-0.15, -0.1) is 0 Å². The van der Waals surface area contributed by atoms with Crippen LogP contribution in [0.2, 0.25) is 0 Å². The lowest BCUT2D eigenvalue weighted by Crippen LogP contribution is -2.54. The number of nitriles is 2. The zero-order valence-corrected chi connectivity index (χ0v) is 37.5. The second-order valence-electron chi connectivity index (χ2n) is 17.4. The first-order valence-electron chi connectivity index (χ1n) is 20.8. The molecule has 0 bridgehead atoms. The van der Waals surface area contributed by atoms with Gasteiger partial charge in [-0.2, -0.15) is 47.1 Å².